The molecule has 0 aliphatic carbocycles. The van der Waals surface area contributed by atoms with Crippen molar-refractivity contribution in [3.8, 4) is 0 Å². The number of nitrogens with zero attached hydrogens (tertiary/aromatic N) is 1. The molecule has 3 rings (SSSR count). The molecule has 0 spiro atoms. The highest BCUT2D eigenvalue weighted by Gasteiger charge is 2.35. The number of benzene rings is 2. The van der Waals surface area contributed by atoms with Crippen molar-refractivity contribution >= 4 is 25.2 Å². The van der Waals surface area contributed by atoms with E-state index in [1.807, 2.05) is 0 Å². The Labute approximate surface area is 157 Å². The zero-order valence-corrected chi connectivity index (χ0v) is 16.1. The summed E-state index contributed by atoms with van der Waals surface area (Å²) in [4.78, 5) is 26.4. The van der Waals surface area contributed by atoms with Crippen LogP contribution >= 0.6 is 7.75 Å². The molecule has 0 radical (unpaired) electrons. The Kier molecular flexibility index (Phi) is 5.75. The zero-order valence-electron chi connectivity index (χ0n) is 15.2. The average molecular weight is 388 g/mol. The summed E-state index contributed by atoms with van der Waals surface area (Å²) in [7, 11) is -3.54. The molecule has 2 amide bonds. The maximum absolute atomic E-state index is 12.8. The predicted octanol–water partition coefficient (Wildman–Crippen LogP) is 4.08. The standard InChI is InChI=1S/C19H21N2O5P/c1-3-25-27(24,26-4-2)20-17-12-8-5-9-14(17)13-21-18(22)15-10-6-7-11-16(15)19(21)23/h5-12H,3-4,13H2,1-2H3,(H,20,24). The number of nitrogens with one attached hydrogen (secondary N) is 1. The van der Waals surface area contributed by atoms with E-state index in [0.717, 1.165) is 0 Å². The van der Waals surface area contributed by atoms with Crippen LogP contribution in [-0.4, -0.2) is 29.9 Å². The summed E-state index contributed by atoms with van der Waals surface area (Å²) in [5.74, 6) is -0.689. The van der Waals surface area contributed by atoms with Crippen molar-refractivity contribution in [3.05, 3.63) is 65.2 Å². The first-order chi connectivity index (χ1) is 13.0. The summed E-state index contributed by atoms with van der Waals surface area (Å²) < 4.78 is 23.3. The molecule has 0 bridgehead atoms. The van der Waals surface area contributed by atoms with Gasteiger partial charge in [0.15, 0.2) is 0 Å². The number of amides is 2. The van der Waals surface area contributed by atoms with Crippen molar-refractivity contribution in [2.75, 3.05) is 18.3 Å². The fourth-order valence-corrected chi connectivity index (χ4v) is 4.31. The van der Waals surface area contributed by atoms with E-state index in [0.29, 0.717) is 22.4 Å². The number of para-hydroxylation sites is 1. The maximum atomic E-state index is 12.8. The number of rotatable bonds is 8. The second-order valence-electron chi connectivity index (χ2n) is 5.84. The number of fused-ring (bicyclic) bond motifs is 1. The number of carbonyl (C=O) groups excluding carboxylic acids is 2. The van der Waals surface area contributed by atoms with Gasteiger partial charge in [-0.2, -0.15) is 0 Å². The molecule has 1 aliphatic heterocycles. The van der Waals surface area contributed by atoms with Gasteiger partial charge in [-0.15, -0.1) is 0 Å². The van der Waals surface area contributed by atoms with E-state index in [1.54, 1.807) is 62.4 Å². The second-order valence-corrected chi connectivity index (χ2v) is 7.58. The number of hydrogen-bond donors (Lipinski definition) is 1. The molecule has 27 heavy (non-hydrogen) atoms. The van der Waals surface area contributed by atoms with E-state index in [9.17, 15) is 14.2 Å². The molecule has 0 saturated heterocycles. The van der Waals surface area contributed by atoms with Crippen molar-refractivity contribution < 1.29 is 23.2 Å². The SMILES string of the molecule is CCOP(=O)(Nc1ccccc1CN1C(=O)c2ccccc2C1=O)OCC. The third-order valence-electron chi connectivity index (χ3n) is 4.08. The lowest BCUT2D eigenvalue weighted by Gasteiger charge is -2.22. The normalized spacial score (nSPS) is 13.8. The zero-order chi connectivity index (χ0) is 19.4. The van der Waals surface area contributed by atoms with Crippen LogP contribution in [0, 0.1) is 0 Å². The van der Waals surface area contributed by atoms with Gasteiger partial charge in [0.05, 0.1) is 30.9 Å². The summed E-state index contributed by atoms with van der Waals surface area (Å²) in [6, 6.07) is 13.7. The largest absolute Gasteiger partial charge is 0.432 e. The minimum atomic E-state index is -3.54. The molecule has 0 aromatic heterocycles. The molecule has 2 aromatic carbocycles. The number of imide groups is 1. The van der Waals surface area contributed by atoms with Gasteiger partial charge in [-0.05, 0) is 37.6 Å². The molecule has 0 unspecified atom stereocenters. The van der Waals surface area contributed by atoms with Crippen molar-refractivity contribution in [1.82, 2.24) is 4.90 Å². The van der Waals surface area contributed by atoms with Gasteiger partial charge < -0.3 is 0 Å². The highest BCUT2D eigenvalue weighted by molar-refractivity contribution is 7.55. The molecule has 0 fully saturated rings. The van der Waals surface area contributed by atoms with Gasteiger partial charge in [-0.25, -0.2) is 4.57 Å². The Morgan fingerprint density at radius 2 is 1.41 bits per heavy atom. The van der Waals surface area contributed by atoms with E-state index >= 15 is 0 Å². The highest BCUT2D eigenvalue weighted by Crippen LogP contribution is 2.48. The third-order valence-corrected chi connectivity index (χ3v) is 5.79. The summed E-state index contributed by atoms with van der Waals surface area (Å²) in [6.45, 7) is 3.92. The van der Waals surface area contributed by atoms with Crippen LogP contribution in [0.3, 0.4) is 0 Å². The van der Waals surface area contributed by atoms with E-state index in [2.05, 4.69) is 5.09 Å². The lowest BCUT2D eigenvalue weighted by Crippen LogP contribution is -2.29. The van der Waals surface area contributed by atoms with Crippen LogP contribution in [0.15, 0.2) is 48.5 Å². The molecule has 0 atom stereocenters. The quantitative estimate of drug-likeness (QED) is 0.542. The predicted molar refractivity (Wildman–Crippen MR) is 102 cm³/mol. The molecule has 142 valence electrons. The van der Waals surface area contributed by atoms with Crippen LogP contribution in [0.1, 0.15) is 40.1 Å². The topological polar surface area (TPSA) is 84.9 Å². The third kappa shape index (κ3) is 3.95. The van der Waals surface area contributed by atoms with Crippen LogP contribution in [0.4, 0.5) is 5.69 Å². The van der Waals surface area contributed by atoms with Gasteiger partial charge >= 0.3 is 7.75 Å². The van der Waals surface area contributed by atoms with E-state index in [-0.39, 0.29) is 31.6 Å². The first kappa shape index (κ1) is 19.3. The lowest BCUT2D eigenvalue weighted by molar-refractivity contribution is 0.0642. The molecule has 2 aromatic rings. The molecule has 1 N–H and O–H groups in total. The van der Waals surface area contributed by atoms with Crippen LogP contribution in [0.2, 0.25) is 0 Å². The van der Waals surface area contributed by atoms with Gasteiger partial charge in [-0.3, -0.25) is 28.6 Å². The Morgan fingerprint density at radius 3 is 1.96 bits per heavy atom. The summed E-state index contributed by atoms with van der Waals surface area (Å²) in [5, 5.41) is 2.81. The number of anilines is 1. The highest BCUT2D eigenvalue weighted by atomic mass is 31.2. The molecule has 8 heteroatoms. The van der Waals surface area contributed by atoms with Gasteiger partial charge in [0, 0.05) is 5.69 Å². The van der Waals surface area contributed by atoms with Crippen molar-refractivity contribution in [2.24, 2.45) is 0 Å². The Hall–Kier alpha value is -2.47. The van der Waals surface area contributed by atoms with Crippen LogP contribution in [0.25, 0.3) is 0 Å². The monoisotopic (exact) mass is 388 g/mol. The Balaban J connectivity index is 1.86. The van der Waals surface area contributed by atoms with E-state index < -0.39 is 7.75 Å². The lowest BCUT2D eigenvalue weighted by atomic mass is 10.1. The van der Waals surface area contributed by atoms with Gasteiger partial charge in [0.1, 0.15) is 0 Å². The number of hydrogen-bond acceptors (Lipinski definition) is 5. The van der Waals surface area contributed by atoms with Crippen molar-refractivity contribution in [2.45, 2.75) is 20.4 Å². The molecule has 1 aliphatic rings. The molecular weight excluding hydrogens is 367 g/mol. The Morgan fingerprint density at radius 1 is 0.889 bits per heavy atom. The van der Waals surface area contributed by atoms with E-state index in [1.165, 1.54) is 4.90 Å². The molecule has 7 nitrogen and oxygen atoms in total. The minimum Gasteiger partial charge on any atom is -0.293 e. The van der Waals surface area contributed by atoms with Gasteiger partial charge in [-0.1, -0.05) is 30.3 Å². The fourth-order valence-electron chi connectivity index (χ4n) is 2.91. The molecular formula is C19H21N2O5P. The fraction of sp³-hybridized carbons (Fsp3) is 0.263. The summed E-state index contributed by atoms with van der Waals surface area (Å²) in [6.07, 6.45) is 0. The summed E-state index contributed by atoms with van der Waals surface area (Å²) >= 11 is 0. The average Bonchev–Trinajstić information content (AvgIpc) is 2.89. The maximum Gasteiger partial charge on any atom is 0.432 e. The molecule has 1 heterocycles. The van der Waals surface area contributed by atoms with Gasteiger partial charge in [0.25, 0.3) is 11.8 Å². The second kappa shape index (κ2) is 8.05. The van der Waals surface area contributed by atoms with Crippen LogP contribution < -0.4 is 5.09 Å². The molecule has 0 saturated carbocycles. The van der Waals surface area contributed by atoms with Crippen molar-refractivity contribution in [3.63, 3.8) is 0 Å². The Bertz CT molecular complexity index is 869. The van der Waals surface area contributed by atoms with Crippen LogP contribution in [0.5, 0.6) is 0 Å². The minimum absolute atomic E-state index is 0.0494. The van der Waals surface area contributed by atoms with Crippen molar-refractivity contribution in [1.29, 1.82) is 0 Å². The summed E-state index contributed by atoms with van der Waals surface area (Å²) in [5.41, 5.74) is 1.90. The number of carbonyl (C=O) groups is 2. The van der Waals surface area contributed by atoms with Gasteiger partial charge in [0.2, 0.25) is 0 Å². The first-order valence-corrected chi connectivity index (χ1v) is 10.2. The van der Waals surface area contributed by atoms with Crippen LogP contribution in [-0.2, 0) is 20.2 Å². The smallest absolute Gasteiger partial charge is 0.293 e. The first-order valence-electron chi connectivity index (χ1n) is 8.69. The van der Waals surface area contributed by atoms with E-state index in [4.69, 9.17) is 9.05 Å².